The number of benzene rings is 1. The lowest BCUT2D eigenvalue weighted by Crippen LogP contribution is -2.42. The molecule has 0 unspecified atom stereocenters. The smallest absolute Gasteiger partial charge is 0.254 e. The number of nitrogens with zero attached hydrogens (tertiary/aromatic N) is 2. The topological polar surface area (TPSA) is 58.2 Å². The number of aryl methyl sites for hydroxylation is 2. The van der Waals surface area contributed by atoms with Crippen LogP contribution >= 0.6 is 0 Å². The third kappa shape index (κ3) is 2.83. The van der Waals surface area contributed by atoms with Gasteiger partial charge in [0.25, 0.3) is 5.91 Å². The number of hydrogen-bond acceptors (Lipinski definition) is 3. The number of aromatic nitrogens is 2. The summed E-state index contributed by atoms with van der Waals surface area (Å²) >= 11 is 0. The lowest BCUT2D eigenvalue weighted by molar-refractivity contribution is -0.0265. The predicted molar refractivity (Wildman–Crippen MR) is 79.1 cm³/mol. The van der Waals surface area contributed by atoms with Gasteiger partial charge in [-0.3, -0.25) is 4.79 Å². The zero-order valence-corrected chi connectivity index (χ0v) is 12.3. The van der Waals surface area contributed by atoms with Crippen molar-refractivity contribution in [1.82, 2.24) is 14.9 Å². The average Bonchev–Trinajstić information content (AvgIpc) is 2.94. The average molecular weight is 285 g/mol. The summed E-state index contributed by atoms with van der Waals surface area (Å²) in [5, 5.41) is 0. The number of aromatic amines is 1. The van der Waals surface area contributed by atoms with E-state index in [0.29, 0.717) is 19.7 Å². The highest BCUT2D eigenvalue weighted by Crippen LogP contribution is 2.21. The molecule has 1 aromatic heterocycles. The summed E-state index contributed by atoms with van der Waals surface area (Å²) in [6, 6.07) is 7.67. The first-order chi connectivity index (χ1) is 10.1. The number of nitrogens with one attached hydrogen (secondary N) is 1. The minimum Gasteiger partial charge on any atom is -0.367 e. The van der Waals surface area contributed by atoms with Gasteiger partial charge in [0.1, 0.15) is 11.9 Å². The molecule has 1 aliphatic heterocycles. The lowest BCUT2D eigenvalue weighted by atomic mass is 10.1. The van der Waals surface area contributed by atoms with E-state index in [1.807, 2.05) is 43.0 Å². The Labute approximate surface area is 124 Å². The molecule has 1 amide bonds. The summed E-state index contributed by atoms with van der Waals surface area (Å²) < 4.78 is 5.74. The minimum atomic E-state index is -0.180. The van der Waals surface area contributed by atoms with E-state index in [-0.39, 0.29) is 12.0 Å². The van der Waals surface area contributed by atoms with Gasteiger partial charge in [-0.2, -0.15) is 0 Å². The predicted octanol–water partition coefficient (Wildman–Crippen LogP) is 2.24. The van der Waals surface area contributed by atoms with E-state index >= 15 is 0 Å². The molecule has 1 fully saturated rings. The molecule has 5 heteroatoms. The van der Waals surface area contributed by atoms with Gasteiger partial charge in [-0.25, -0.2) is 4.98 Å². The van der Waals surface area contributed by atoms with Crippen molar-refractivity contribution < 1.29 is 9.53 Å². The van der Waals surface area contributed by atoms with Crippen LogP contribution in [-0.2, 0) is 4.74 Å². The highest BCUT2D eigenvalue weighted by atomic mass is 16.5. The second-order valence-electron chi connectivity index (χ2n) is 5.38. The van der Waals surface area contributed by atoms with Crippen LogP contribution in [0.1, 0.15) is 33.5 Å². The molecule has 0 radical (unpaired) electrons. The fourth-order valence-electron chi connectivity index (χ4n) is 2.58. The first-order valence-corrected chi connectivity index (χ1v) is 7.13. The summed E-state index contributed by atoms with van der Waals surface area (Å²) in [4.78, 5) is 22.0. The molecule has 0 spiro atoms. The van der Waals surface area contributed by atoms with E-state index in [9.17, 15) is 4.79 Å². The Morgan fingerprint density at radius 2 is 2.19 bits per heavy atom. The summed E-state index contributed by atoms with van der Waals surface area (Å²) in [7, 11) is 0. The van der Waals surface area contributed by atoms with Crippen molar-refractivity contribution in [3.63, 3.8) is 0 Å². The van der Waals surface area contributed by atoms with Crippen molar-refractivity contribution >= 4 is 5.91 Å². The van der Waals surface area contributed by atoms with E-state index in [4.69, 9.17) is 4.74 Å². The van der Waals surface area contributed by atoms with Gasteiger partial charge in [-0.1, -0.05) is 18.2 Å². The molecule has 0 saturated carbocycles. The van der Waals surface area contributed by atoms with Gasteiger partial charge in [0.05, 0.1) is 13.2 Å². The maximum absolute atomic E-state index is 12.6. The van der Waals surface area contributed by atoms with Crippen LogP contribution in [0.4, 0.5) is 0 Å². The molecule has 2 aromatic rings. The number of amides is 1. The standard InChI is InChI=1S/C16H19N3O2/c1-11-5-3-4-6-13(11)16(20)19-7-8-21-14(10-19)15-17-9-12(2)18-15/h3-6,9,14H,7-8,10H2,1-2H3,(H,17,18)/t14-/m1/s1. The number of carbonyl (C=O) groups excluding carboxylic acids is 1. The second kappa shape index (κ2) is 5.69. The van der Waals surface area contributed by atoms with Crippen molar-refractivity contribution in [2.45, 2.75) is 20.0 Å². The van der Waals surface area contributed by atoms with Crippen LogP contribution < -0.4 is 0 Å². The molecule has 0 aliphatic carbocycles. The van der Waals surface area contributed by atoms with E-state index in [2.05, 4.69) is 9.97 Å². The van der Waals surface area contributed by atoms with Crippen LogP contribution in [-0.4, -0.2) is 40.5 Å². The van der Waals surface area contributed by atoms with Gasteiger partial charge >= 0.3 is 0 Å². The molecular weight excluding hydrogens is 266 g/mol. The molecule has 3 rings (SSSR count). The van der Waals surface area contributed by atoms with Crippen LogP contribution in [0.15, 0.2) is 30.5 Å². The molecule has 2 heterocycles. The van der Waals surface area contributed by atoms with Gasteiger partial charge in [-0.15, -0.1) is 0 Å². The van der Waals surface area contributed by atoms with Crippen molar-refractivity contribution in [2.24, 2.45) is 0 Å². The summed E-state index contributed by atoms with van der Waals surface area (Å²) in [5.74, 6) is 0.847. The number of carbonyl (C=O) groups is 1. The summed E-state index contributed by atoms with van der Waals surface area (Å²) in [5.41, 5.74) is 2.75. The molecule has 21 heavy (non-hydrogen) atoms. The van der Waals surface area contributed by atoms with E-state index in [1.165, 1.54) is 0 Å². The highest BCUT2D eigenvalue weighted by molar-refractivity contribution is 5.95. The molecule has 110 valence electrons. The monoisotopic (exact) mass is 285 g/mol. The quantitative estimate of drug-likeness (QED) is 0.920. The minimum absolute atomic E-state index is 0.0599. The third-order valence-corrected chi connectivity index (χ3v) is 3.76. The molecule has 1 aliphatic rings. The van der Waals surface area contributed by atoms with Crippen LogP contribution in [0.2, 0.25) is 0 Å². The molecule has 0 bridgehead atoms. The molecular formula is C16H19N3O2. The lowest BCUT2D eigenvalue weighted by Gasteiger charge is -2.32. The van der Waals surface area contributed by atoms with Crippen molar-refractivity contribution in [1.29, 1.82) is 0 Å². The Kier molecular flexibility index (Phi) is 3.75. The van der Waals surface area contributed by atoms with Crippen molar-refractivity contribution in [2.75, 3.05) is 19.7 Å². The molecule has 1 atom stereocenters. The summed E-state index contributed by atoms with van der Waals surface area (Å²) in [6.45, 7) is 5.59. The van der Waals surface area contributed by atoms with Gasteiger partial charge < -0.3 is 14.6 Å². The molecule has 5 nitrogen and oxygen atoms in total. The second-order valence-corrected chi connectivity index (χ2v) is 5.38. The normalized spacial score (nSPS) is 18.8. The number of ether oxygens (including phenoxy) is 1. The van der Waals surface area contributed by atoms with Gasteiger partial charge in [-0.05, 0) is 25.5 Å². The Hall–Kier alpha value is -2.14. The summed E-state index contributed by atoms with van der Waals surface area (Å²) in [6.07, 6.45) is 1.60. The van der Waals surface area contributed by atoms with Crippen LogP contribution in [0.3, 0.4) is 0 Å². The number of rotatable bonds is 2. The van der Waals surface area contributed by atoms with Crippen molar-refractivity contribution in [3.8, 4) is 0 Å². The Morgan fingerprint density at radius 1 is 1.38 bits per heavy atom. The van der Waals surface area contributed by atoms with Gasteiger partial charge in [0, 0.05) is 24.0 Å². The Morgan fingerprint density at radius 3 is 2.90 bits per heavy atom. The van der Waals surface area contributed by atoms with Crippen molar-refractivity contribution in [3.05, 3.63) is 53.1 Å². The molecule has 1 N–H and O–H groups in total. The number of imidazole rings is 1. The number of hydrogen-bond donors (Lipinski definition) is 1. The maximum atomic E-state index is 12.6. The third-order valence-electron chi connectivity index (χ3n) is 3.76. The maximum Gasteiger partial charge on any atom is 0.254 e. The number of morpholine rings is 1. The van der Waals surface area contributed by atoms with Gasteiger partial charge in [0.15, 0.2) is 0 Å². The molecule has 1 saturated heterocycles. The van der Waals surface area contributed by atoms with Crippen LogP contribution in [0.25, 0.3) is 0 Å². The largest absolute Gasteiger partial charge is 0.367 e. The zero-order chi connectivity index (χ0) is 14.8. The molecule has 1 aromatic carbocycles. The van der Waals surface area contributed by atoms with E-state index < -0.39 is 0 Å². The first kappa shape index (κ1) is 13.8. The van der Waals surface area contributed by atoms with Crippen LogP contribution in [0.5, 0.6) is 0 Å². The fraction of sp³-hybridized carbons (Fsp3) is 0.375. The van der Waals surface area contributed by atoms with E-state index in [1.54, 1.807) is 6.20 Å². The zero-order valence-electron chi connectivity index (χ0n) is 12.3. The first-order valence-electron chi connectivity index (χ1n) is 7.13. The van der Waals surface area contributed by atoms with Crippen LogP contribution in [0, 0.1) is 13.8 Å². The Balaban J connectivity index is 1.77. The van der Waals surface area contributed by atoms with E-state index in [0.717, 1.165) is 22.6 Å². The highest BCUT2D eigenvalue weighted by Gasteiger charge is 2.28. The van der Waals surface area contributed by atoms with Gasteiger partial charge in [0.2, 0.25) is 0 Å². The number of H-pyrrole nitrogens is 1. The fourth-order valence-corrected chi connectivity index (χ4v) is 2.58. The SMILES string of the molecule is Cc1cnc([C@H]2CN(C(=O)c3ccccc3C)CCO2)[nH]1. The Bertz CT molecular complexity index is 650.